The van der Waals surface area contributed by atoms with Gasteiger partial charge in [-0.25, -0.2) is 0 Å². The Kier molecular flexibility index (Phi) is 3.74. The van der Waals surface area contributed by atoms with E-state index in [1.807, 2.05) is 0 Å². The second kappa shape index (κ2) is 5.69. The first-order valence-corrected chi connectivity index (χ1v) is 7.39. The van der Waals surface area contributed by atoms with Gasteiger partial charge in [-0.15, -0.1) is 10.2 Å². The van der Waals surface area contributed by atoms with Crippen LogP contribution in [0, 0.1) is 0 Å². The topological polar surface area (TPSA) is 73.3 Å². The maximum absolute atomic E-state index is 12.2. The number of aromatic nitrogens is 2. The Balaban J connectivity index is 1.74. The Labute approximate surface area is 126 Å². The Hall–Kier alpha value is -2.15. The summed E-state index contributed by atoms with van der Waals surface area (Å²) in [6.45, 7) is 0. The zero-order valence-corrected chi connectivity index (χ0v) is 12.6. The van der Waals surface area contributed by atoms with E-state index in [2.05, 4.69) is 15.5 Å². The van der Waals surface area contributed by atoms with Crippen molar-refractivity contribution >= 4 is 22.4 Å². The lowest BCUT2D eigenvalue weighted by Gasteiger charge is -2.08. The fourth-order valence-electron chi connectivity index (χ4n) is 1.93. The Morgan fingerprint density at radius 3 is 2.67 bits per heavy atom. The summed E-state index contributed by atoms with van der Waals surface area (Å²) < 4.78 is 10.3. The number of carbonyl (C=O) groups is 1. The third-order valence-corrected chi connectivity index (χ3v) is 4.23. The normalized spacial score (nSPS) is 13.8. The van der Waals surface area contributed by atoms with Gasteiger partial charge in [0.15, 0.2) is 11.5 Å². The van der Waals surface area contributed by atoms with Crippen LogP contribution in [-0.4, -0.2) is 30.3 Å². The molecule has 1 fully saturated rings. The van der Waals surface area contributed by atoms with E-state index in [1.54, 1.807) is 25.3 Å². The summed E-state index contributed by atoms with van der Waals surface area (Å²) >= 11 is 1.43. The number of methoxy groups -OCH3 is 2. The van der Waals surface area contributed by atoms with Crippen molar-refractivity contribution in [1.82, 2.24) is 10.2 Å². The standard InChI is InChI=1S/C14H15N3O3S/c1-19-10-6-5-9(7-11(10)20-2)12(18)15-14-17-16-13(21-14)8-3-4-8/h5-8H,3-4H2,1-2H3,(H,15,17,18). The van der Waals surface area contributed by atoms with E-state index in [4.69, 9.17) is 9.47 Å². The minimum atomic E-state index is -0.241. The average molecular weight is 305 g/mol. The molecular weight excluding hydrogens is 290 g/mol. The minimum Gasteiger partial charge on any atom is -0.493 e. The lowest BCUT2D eigenvalue weighted by molar-refractivity contribution is 0.102. The number of hydrogen-bond donors (Lipinski definition) is 1. The van der Waals surface area contributed by atoms with Gasteiger partial charge < -0.3 is 9.47 Å². The molecule has 1 aliphatic carbocycles. The summed E-state index contributed by atoms with van der Waals surface area (Å²) in [7, 11) is 3.09. The maximum Gasteiger partial charge on any atom is 0.257 e. The molecule has 1 aromatic heterocycles. The summed E-state index contributed by atoms with van der Waals surface area (Å²) in [5.74, 6) is 1.39. The first-order valence-electron chi connectivity index (χ1n) is 6.58. The highest BCUT2D eigenvalue weighted by atomic mass is 32.1. The molecule has 0 spiro atoms. The number of ether oxygens (including phenoxy) is 2. The number of hydrogen-bond acceptors (Lipinski definition) is 6. The van der Waals surface area contributed by atoms with Crippen LogP contribution in [0.15, 0.2) is 18.2 Å². The number of rotatable bonds is 5. The molecule has 1 aliphatic rings. The molecule has 6 nitrogen and oxygen atoms in total. The third kappa shape index (κ3) is 2.97. The molecule has 1 amide bonds. The molecule has 1 saturated carbocycles. The highest BCUT2D eigenvalue weighted by molar-refractivity contribution is 7.15. The average Bonchev–Trinajstić information content (AvgIpc) is 3.26. The molecule has 0 unspecified atom stereocenters. The zero-order valence-electron chi connectivity index (χ0n) is 11.8. The van der Waals surface area contributed by atoms with E-state index in [9.17, 15) is 4.79 Å². The Morgan fingerprint density at radius 2 is 2.00 bits per heavy atom. The van der Waals surface area contributed by atoms with Crippen LogP contribution >= 0.6 is 11.3 Å². The Morgan fingerprint density at radius 1 is 1.24 bits per heavy atom. The van der Waals surface area contributed by atoms with E-state index in [0.29, 0.717) is 28.1 Å². The van der Waals surface area contributed by atoms with Crippen molar-refractivity contribution < 1.29 is 14.3 Å². The van der Waals surface area contributed by atoms with Crippen molar-refractivity contribution in [3.8, 4) is 11.5 Å². The van der Waals surface area contributed by atoms with E-state index in [1.165, 1.54) is 18.4 Å². The molecule has 2 aromatic rings. The number of nitrogens with one attached hydrogen (secondary N) is 1. The quantitative estimate of drug-likeness (QED) is 0.919. The van der Waals surface area contributed by atoms with Crippen LogP contribution in [0.3, 0.4) is 0 Å². The van der Waals surface area contributed by atoms with E-state index in [0.717, 1.165) is 17.8 Å². The van der Waals surface area contributed by atoms with Crippen LogP contribution in [0.1, 0.15) is 34.1 Å². The number of benzene rings is 1. The summed E-state index contributed by atoms with van der Waals surface area (Å²) in [6.07, 6.45) is 2.33. The highest BCUT2D eigenvalue weighted by Gasteiger charge is 2.27. The van der Waals surface area contributed by atoms with Crippen LogP contribution in [0.25, 0.3) is 0 Å². The summed E-state index contributed by atoms with van der Waals surface area (Å²) in [6, 6.07) is 5.01. The first-order chi connectivity index (χ1) is 10.2. The van der Waals surface area contributed by atoms with Gasteiger partial charge in [0.2, 0.25) is 5.13 Å². The van der Waals surface area contributed by atoms with Gasteiger partial charge in [-0.1, -0.05) is 11.3 Å². The van der Waals surface area contributed by atoms with Crippen LogP contribution in [0.4, 0.5) is 5.13 Å². The number of amides is 1. The fraction of sp³-hybridized carbons (Fsp3) is 0.357. The van der Waals surface area contributed by atoms with Crippen LogP contribution in [-0.2, 0) is 0 Å². The van der Waals surface area contributed by atoms with Gasteiger partial charge in [0.25, 0.3) is 5.91 Å². The lowest BCUT2D eigenvalue weighted by atomic mass is 10.2. The van der Waals surface area contributed by atoms with E-state index in [-0.39, 0.29) is 5.91 Å². The van der Waals surface area contributed by atoms with E-state index < -0.39 is 0 Å². The maximum atomic E-state index is 12.2. The van der Waals surface area contributed by atoms with E-state index >= 15 is 0 Å². The van der Waals surface area contributed by atoms with Gasteiger partial charge in [0.05, 0.1) is 14.2 Å². The predicted octanol–water partition coefficient (Wildman–Crippen LogP) is 2.69. The van der Waals surface area contributed by atoms with Gasteiger partial charge in [-0.2, -0.15) is 0 Å². The third-order valence-electron chi connectivity index (χ3n) is 3.23. The van der Waals surface area contributed by atoms with Crippen molar-refractivity contribution in [2.45, 2.75) is 18.8 Å². The molecule has 1 aromatic carbocycles. The van der Waals surface area contributed by atoms with Gasteiger partial charge in [0, 0.05) is 11.5 Å². The smallest absolute Gasteiger partial charge is 0.257 e. The zero-order chi connectivity index (χ0) is 14.8. The van der Waals surface area contributed by atoms with Gasteiger partial charge in [-0.3, -0.25) is 10.1 Å². The van der Waals surface area contributed by atoms with Gasteiger partial charge in [0.1, 0.15) is 5.01 Å². The van der Waals surface area contributed by atoms with Crippen molar-refractivity contribution in [2.75, 3.05) is 19.5 Å². The molecule has 21 heavy (non-hydrogen) atoms. The largest absolute Gasteiger partial charge is 0.493 e. The molecule has 0 aliphatic heterocycles. The monoisotopic (exact) mass is 305 g/mol. The molecule has 110 valence electrons. The van der Waals surface area contributed by atoms with Crippen LogP contribution < -0.4 is 14.8 Å². The van der Waals surface area contributed by atoms with Crippen LogP contribution in [0.5, 0.6) is 11.5 Å². The van der Waals surface area contributed by atoms with Crippen molar-refractivity contribution in [2.24, 2.45) is 0 Å². The van der Waals surface area contributed by atoms with Gasteiger partial charge >= 0.3 is 0 Å². The predicted molar refractivity (Wildman–Crippen MR) is 79.4 cm³/mol. The minimum absolute atomic E-state index is 0.241. The number of nitrogens with zero attached hydrogens (tertiary/aromatic N) is 2. The molecule has 0 bridgehead atoms. The van der Waals surface area contributed by atoms with Crippen LogP contribution in [0.2, 0.25) is 0 Å². The molecule has 1 heterocycles. The second-order valence-electron chi connectivity index (χ2n) is 4.74. The molecule has 0 saturated heterocycles. The van der Waals surface area contributed by atoms with Gasteiger partial charge in [-0.05, 0) is 31.0 Å². The molecule has 1 N–H and O–H groups in total. The summed E-state index contributed by atoms with van der Waals surface area (Å²) in [4.78, 5) is 12.2. The fourth-order valence-corrected chi connectivity index (χ4v) is 2.83. The molecule has 0 atom stereocenters. The highest BCUT2D eigenvalue weighted by Crippen LogP contribution is 2.42. The van der Waals surface area contributed by atoms with Crippen molar-refractivity contribution in [1.29, 1.82) is 0 Å². The SMILES string of the molecule is COc1ccc(C(=O)Nc2nnc(C3CC3)s2)cc1OC. The second-order valence-corrected chi connectivity index (χ2v) is 5.75. The van der Waals surface area contributed by atoms with Crippen molar-refractivity contribution in [3.63, 3.8) is 0 Å². The molecular formula is C14H15N3O3S. The lowest BCUT2D eigenvalue weighted by Crippen LogP contribution is -2.11. The summed E-state index contributed by atoms with van der Waals surface area (Å²) in [5.41, 5.74) is 0.482. The summed E-state index contributed by atoms with van der Waals surface area (Å²) in [5, 5.41) is 12.4. The Bertz CT molecular complexity index is 667. The number of carbonyl (C=O) groups excluding carboxylic acids is 1. The molecule has 0 radical (unpaired) electrons. The van der Waals surface area contributed by atoms with Crippen molar-refractivity contribution in [3.05, 3.63) is 28.8 Å². The number of anilines is 1. The first kappa shape index (κ1) is 13.8. The molecule has 3 rings (SSSR count). The molecule has 7 heteroatoms.